The first-order valence-corrected chi connectivity index (χ1v) is 6.87. The molecule has 1 aromatic carbocycles. The SMILES string of the molecule is OC(c1ccc(Br)s1)c1cccc(Br)c1F. The Morgan fingerprint density at radius 1 is 1.19 bits per heavy atom. The lowest BCUT2D eigenvalue weighted by Gasteiger charge is -2.10. The maximum Gasteiger partial charge on any atom is 0.143 e. The molecule has 0 aliphatic carbocycles. The van der Waals surface area contributed by atoms with Gasteiger partial charge >= 0.3 is 0 Å². The van der Waals surface area contributed by atoms with Crippen LogP contribution < -0.4 is 0 Å². The molecular formula is C11H7Br2FOS. The molecule has 0 saturated heterocycles. The van der Waals surface area contributed by atoms with Crippen molar-refractivity contribution in [1.82, 2.24) is 0 Å². The zero-order chi connectivity index (χ0) is 11.7. The molecule has 84 valence electrons. The molecule has 2 aromatic rings. The van der Waals surface area contributed by atoms with Crippen LogP contribution in [-0.2, 0) is 0 Å². The molecule has 0 fully saturated rings. The van der Waals surface area contributed by atoms with E-state index in [-0.39, 0.29) is 5.56 Å². The second kappa shape index (κ2) is 4.96. The van der Waals surface area contributed by atoms with Crippen LogP contribution >= 0.6 is 43.2 Å². The highest BCUT2D eigenvalue weighted by Crippen LogP contribution is 2.33. The first-order chi connectivity index (χ1) is 7.59. The lowest BCUT2D eigenvalue weighted by molar-refractivity contribution is 0.218. The first kappa shape index (κ1) is 12.2. The van der Waals surface area contributed by atoms with Gasteiger partial charge in [0.05, 0.1) is 8.26 Å². The summed E-state index contributed by atoms with van der Waals surface area (Å²) in [6, 6.07) is 8.50. The number of thiophene rings is 1. The minimum absolute atomic E-state index is 0.281. The Labute approximate surface area is 113 Å². The normalized spacial score (nSPS) is 12.8. The van der Waals surface area contributed by atoms with E-state index in [0.29, 0.717) is 9.35 Å². The molecule has 1 aromatic heterocycles. The largest absolute Gasteiger partial charge is 0.383 e. The molecule has 1 unspecified atom stereocenters. The summed E-state index contributed by atoms with van der Waals surface area (Å²) >= 11 is 7.80. The van der Waals surface area contributed by atoms with E-state index in [4.69, 9.17) is 0 Å². The van der Waals surface area contributed by atoms with Crippen LogP contribution in [0.25, 0.3) is 0 Å². The van der Waals surface area contributed by atoms with Gasteiger partial charge in [0.2, 0.25) is 0 Å². The number of rotatable bonds is 2. The molecule has 0 radical (unpaired) electrons. The maximum absolute atomic E-state index is 13.7. The molecule has 0 bridgehead atoms. The molecule has 16 heavy (non-hydrogen) atoms. The van der Waals surface area contributed by atoms with Gasteiger partial charge in [0, 0.05) is 10.4 Å². The van der Waals surface area contributed by atoms with Gasteiger partial charge in [0.25, 0.3) is 0 Å². The lowest BCUT2D eigenvalue weighted by Crippen LogP contribution is -2.00. The number of halogens is 3. The molecule has 2 rings (SSSR count). The van der Waals surface area contributed by atoms with Crippen molar-refractivity contribution in [2.24, 2.45) is 0 Å². The highest BCUT2D eigenvalue weighted by molar-refractivity contribution is 9.11. The van der Waals surface area contributed by atoms with Crippen molar-refractivity contribution in [3.8, 4) is 0 Å². The molecule has 0 aliphatic rings. The fourth-order valence-electron chi connectivity index (χ4n) is 1.36. The Bertz CT molecular complexity index is 512. The minimum Gasteiger partial charge on any atom is -0.383 e. The molecule has 1 atom stereocenters. The van der Waals surface area contributed by atoms with Crippen molar-refractivity contribution < 1.29 is 9.50 Å². The summed E-state index contributed by atoms with van der Waals surface area (Å²) in [6.45, 7) is 0. The highest BCUT2D eigenvalue weighted by atomic mass is 79.9. The summed E-state index contributed by atoms with van der Waals surface area (Å²) in [5.74, 6) is -0.417. The van der Waals surface area contributed by atoms with Crippen molar-refractivity contribution in [3.05, 3.63) is 54.8 Å². The van der Waals surface area contributed by atoms with Crippen LogP contribution in [-0.4, -0.2) is 5.11 Å². The van der Waals surface area contributed by atoms with Crippen molar-refractivity contribution in [2.75, 3.05) is 0 Å². The molecule has 0 aliphatic heterocycles. The van der Waals surface area contributed by atoms with Gasteiger partial charge in [-0.3, -0.25) is 0 Å². The number of aliphatic hydroxyl groups excluding tert-OH is 1. The summed E-state index contributed by atoms with van der Waals surface area (Å²) in [4.78, 5) is 0.712. The second-order valence-electron chi connectivity index (χ2n) is 3.19. The van der Waals surface area contributed by atoms with Crippen molar-refractivity contribution in [2.45, 2.75) is 6.10 Å². The molecule has 5 heteroatoms. The predicted molar refractivity (Wildman–Crippen MR) is 70.2 cm³/mol. The first-order valence-electron chi connectivity index (χ1n) is 4.47. The zero-order valence-electron chi connectivity index (χ0n) is 7.95. The Hall–Kier alpha value is -0.230. The van der Waals surface area contributed by atoms with Crippen molar-refractivity contribution in [1.29, 1.82) is 0 Å². The molecule has 0 spiro atoms. The van der Waals surface area contributed by atoms with Crippen LogP contribution in [0.3, 0.4) is 0 Å². The van der Waals surface area contributed by atoms with Gasteiger partial charge in [0.1, 0.15) is 11.9 Å². The topological polar surface area (TPSA) is 20.2 Å². The van der Waals surface area contributed by atoms with Gasteiger partial charge in [0.15, 0.2) is 0 Å². The average molecular weight is 366 g/mol. The summed E-state index contributed by atoms with van der Waals surface area (Å²) in [5, 5.41) is 10.0. The molecule has 0 amide bonds. The van der Waals surface area contributed by atoms with E-state index < -0.39 is 11.9 Å². The van der Waals surface area contributed by atoms with Crippen LogP contribution in [0.4, 0.5) is 4.39 Å². The smallest absolute Gasteiger partial charge is 0.143 e. The van der Waals surface area contributed by atoms with E-state index in [1.165, 1.54) is 11.3 Å². The Morgan fingerprint density at radius 3 is 2.56 bits per heavy atom. The quantitative estimate of drug-likeness (QED) is 0.831. The zero-order valence-corrected chi connectivity index (χ0v) is 11.9. The number of benzene rings is 1. The number of hydrogen-bond acceptors (Lipinski definition) is 2. The molecule has 1 N–H and O–H groups in total. The Balaban J connectivity index is 2.41. The Kier molecular flexibility index (Phi) is 3.79. The molecule has 0 saturated carbocycles. The van der Waals surface area contributed by atoms with Gasteiger partial charge in [-0.05, 0) is 50.1 Å². The number of aliphatic hydroxyl groups is 1. The highest BCUT2D eigenvalue weighted by Gasteiger charge is 2.17. The second-order valence-corrected chi connectivity index (χ2v) is 6.54. The van der Waals surface area contributed by atoms with E-state index >= 15 is 0 Å². The van der Waals surface area contributed by atoms with Gasteiger partial charge < -0.3 is 5.11 Å². The monoisotopic (exact) mass is 364 g/mol. The standard InChI is InChI=1S/C11H7Br2FOS/c12-7-3-1-2-6(10(7)14)11(15)8-4-5-9(13)16-8/h1-5,11,15H. The van der Waals surface area contributed by atoms with Crippen LogP contribution in [0.1, 0.15) is 16.5 Å². The minimum atomic E-state index is -0.922. The number of hydrogen-bond donors (Lipinski definition) is 1. The Morgan fingerprint density at radius 2 is 1.94 bits per heavy atom. The van der Waals surface area contributed by atoms with E-state index in [1.54, 1.807) is 24.3 Å². The van der Waals surface area contributed by atoms with E-state index in [9.17, 15) is 9.50 Å². The van der Waals surface area contributed by atoms with Crippen LogP contribution in [0, 0.1) is 5.82 Å². The predicted octanol–water partition coefficient (Wildman–Crippen LogP) is 4.49. The summed E-state index contributed by atoms with van der Waals surface area (Å²) < 4.78 is 15.0. The van der Waals surface area contributed by atoms with Crippen molar-refractivity contribution in [3.63, 3.8) is 0 Å². The van der Waals surface area contributed by atoms with Gasteiger partial charge in [-0.1, -0.05) is 12.1 Å². The maximum atomic E-state index is 13.7. The van der Waals surface area contributed by atoms with E-state index in [0.717, 1.165) is 3.79 Å². The molecule has 1 nitrogen and oxygen atoms in total. The summed E-state index contributed by atoms with van der Waals surface area (Å²) in [6.07, 6.45) is -0.922. The molecular weight excluding hydrogens is 359 g/mol. The van der Waals surface area contributed by atoms with Gasteiger partial charge in [-0.2, -0.15) is 0 Å². The van der Waals surface area contributed by atoms with E-state index in [2.05, 4.69) is 31.9 Å². The third-order valence-electron chi connectivity index (χ3n) is 2.14. The molecule has 1 heterocycles. The fraction of sp³-hybridized carbons (Fsp3) is 0.0909. The van der Waals surface area contributed by atoms with E-state index in [1.807, 2.05) is 6.07 Å². The van der Waals surface area contributed by atoms with Crippen LogP contribution in [0.5, 0.6) is 0 Å². The average Bonchev–Trinajstić information content (AvgIpc) is 2.68. The van der Waals surface area contributed by atoms with Crippen LogP contribution in [0.2, 0.25) is 0 Å². The third kappa shape index (κ3) is 2.37. The third-order valence-corrected chi connectivity index (χ3v) is 4.43. The lowest BCUT2D eigenvalue weighted by atomic mass is 10.1. The summed E-state index contributed by atoms with van der Waals surface area (Å²) in [5.41, 5.74) is 0.281. The fourth-order valence-corrected chi connectivity index (χ4v) is 3.17. The van der Waals surface area contributed by atoms with Crippen molar-refractivity contribution >= 4 is 43.2 Å². The summed E-state index contributed by atoms with van der Waals surface area (Å²) in [7, 11) is 0. The van der Waals surface area contributed by atoms with Gasteiger partial charge in [-0.15, -0.1) is 11.3 Å². The van der Waals surface area contributed by atoms with Crippen LogP contribution in [0.15, 0.2) is 38.6 Å². The van der Waals surface area contributed by atoms with Gasteiger partial charge in [-0.25, -0.2) is 4.39 Å².